The van der Waals surface area contributed by atoms with Gasteiger partial charge in [-0.15, -0.1) is 0 Å². The van der Waals surface area contributed by atoms with E-state index in [2.05, 4.69) is 0 Å². The Morgan fingerprint density at radius 3 is 1.93 bits per heavy atom. The van der Waals surface area contributed by atoms with E-state index in [1.165, 1.54) is 6.92 Å². The average molecular weight is 613 g/mol. The van der Waals surface area contributed by atoms with Crippen LogP contribution in [0.15, 0.2) is 0 Å². The van der Waals surface area contributed by atoms with Crippen LogP contribution in [0.25, 0.3) is 0 Å². The number of alkyl halides is 9. The molecule has 0 heterocycles. The highest BCUT2D eigenvalue weighted by molar-refractivity contribution is 5.12. The van der Waals surface area contributed by atoms with Crippen molar-refractivity contribution in [3.05, 3.63) is 0 Å². The van der Waals surface area contributed by atoms with E-state index in [9.17, 15) is 44.6 Å². The topological polar surface area (TPSA) is 38.7 Å². The number of hydrogen-bond donors (Lipinski definition) is 1. The van der Waals surface area contributed by atoms with Gasteiger partial charge in [0, 0.05) is 12.5 Å². The molecule has 3 nitrogen and oxygen atoms in total. The van der Waals surface area contributed by atoms with Crippen molar-refractivity contribution < 1.29 is 54.1 Å². The number of fused-ring (bicyclic) bond motifs is 2. The Hall–Kier alpha value is -0.750. The molecule has 0 spiro atoms. The van der Waals surface area contributed by atoms with Crippen molar-refractivity contribution in [1.82, 2.24) is 0 Å². The zero-order valence-corrected chi connectivity index (χ0v) is 24.3. The molecule has 3 saturated carbocycles. The van der Waals surface area contributed by atoms with Gasteiger partial charge in [-0.1, -0.05) is 33.6 Å². The molecule has 12 heteroatoms. The van der Waals surface area contributed by atoms with Gasteiger partial charge in [-0.25, -0.2) is 0 Å². The summed E-state index contributed by atoms with van der Waals surface area (Å²) in [6.07, 6.45) is -14.0. The van der Waals surface area contributed by atoms with Crippen LogP contribution < -0.4 is 0 Å². The fourth-order valence-electron chi connectivity index (χ4n) is 8.24. The first-order valence-electron chi connectivity index (χ1n) is 15.0. The van der Waals surface area contributed by atoms with Gasteiger partial charge in [0.15, 0.2) is 11.9 Å². The smallest absolute Gasteiger partial charge is 0.373 e. The van der Waals surface area contributed by atoms with Crippen LogP contribution in [0.4, 0.5) is 39.5 Å². The van der Waals surface area contributed by atoms with Crippen LogP contribution in [0.2, 0.25) is 0 Å². The third-order valence-corrected chi connectivity index (χ3v) is 10.8. The van der Waals surface area contributed by atoms with Crippen molar-refractivity contribution in [3.63, 3.8) is 0 Å². The summed E-state index contributed by atoms with van der Waals surface area (Å²) in [7, 11) is 0. The van der Waals surface area contributed by atoms with Gasteiger partial charge in [-0.3, -0.25) is 0 Å². The number of halogens is 9. The predicted octanol–water partition coefficient (Wildman–Crippen LogP) is 9.37. The Morgan fingerprint density at radius 1 is 0.854 bits per heavy atom. The highest BCUT2D eigenvalue weighted by Gasteiger charge is 2.77. The maximum Gasteiger partial charge on any atom is 0.426 e. The van der Waals surface area contributed by atoms with Gasteiger partial charge in [0.25, 0.3) is 5.60 Å². The van der Waals surface area contributed by atoms with E-state index < -0.39 is 53.3 Å². The van der Waals surface area contributed by atoms with E-state index in [1.807, 2.05) is 20.8 Å². The molecule has 3 fully saturated rings. The summed E-state index contributed by atoms with van der Waals surface area (Å²) in [4.78, 5) is 0. The van der Waals surface area contributed by atoms with Gasteiger partial charge in [-0.05, 0) is 100 Å². The van der Waals surface area contributed by atoms with Crippen molar-refractivity contribution in [2.24, 2.45) is 35.0 Å². The van der Waals surface area contributed by atoms with E-state index in [0.29, 0.717) is 32.3 Å². The monoisotopic (exact) mass is 612 g/mol. The fourth-order valence-corrected chi connectivity index (χ4v) is 8.24. The summed E-state index contributed by atoms with van der Waals surface area (Å²) in [6, 6.07) is 0. The molecule has 3 aliphatic carbocycles. The van der Waals surface area contributed by atoms with Gasteiger partial charge >= 0.3 is 18.5 Å². The first-order valence-corrected chi connectivity index (χ1v) is 15.0. The second-order valence-electron chi connectivity index (χ2n) is 13.0. The molecule has 242 valence electrons. The third kappa shape index (κ3) is 6.69. The van der Waals surface area contributed by atoms with Crippen molar-refractivity contribution in [2.45, 2.75) is 141 Å². The number of rotatable bonds is 12. The van der Waals surface area contributed by atoms with E-state index in [1.54, 1.807) is 0 Å². The van der Waals surface area contributed by atoms with E-state index in [0.717, 1.165) is 6.42 Å². The molecule has 6 atom stereocenters. The first-order chi connectivity index (χ1) is 18.8. The lowest BCUT2D eigenvalue weighted by Gasteiger charge is -2.46. The van der Waals surface area contributed by atoms with Crippen LogP contribution >= 0.6 is 0 Å². The molecule has 0 aromatic carbocycles. The zero-order chi connectivity index (χ0) is 31.1. The normalized spacial score (nSPS) is 33.7. The molecular weight excluding hydrogens is 567 g/mol. The summed E-state index contributed by atoms with van der Waals surface area (Å²) in [5, 5.41) is 10.1. The second-order valence-corrected chi connectivity index (χ2v) is 13.0. The minimum Gasteiger partial charge on any atom is -0.373 e. The third-order valence-electron chi connectivity index (χ3n) is 10.8. The second kappa shape index (κ2) is 12.3. The Kier molecular flexibility index (Phi) is 10.4. The Morgan fingerprint density at radius 2 is 1.44 bits per heavy atom. The Bertz CT molecular complexity index is 834. The van der Waals surface area contributed by atoms with Crippen molar-refractivity contribution in [2.75, 3.05) is 6.61 Å². The van der Waals surface area contributed by atoms with Crippen LogP contribution in [0.5, 0.6) is 0 Å². The van der Waals surface area contributed by atoms with Gasteiger partial charge < -0.3 is 14.6 Å². The zero-order valence-electron chi connectivity index (χ0n) is 24.3. The summed E-state index contributed by atoms with van der Waals surface area (Å²) in [6.45, 7) is 7.47. The highest BCUT2D eigenvalue weighted by Crippen LogP contribution is 2.67. The van der Waals surface area contributed by atoms with Crippen LogP contribution in [0.3, 0.4) is 0 Å². The van der Waals surface area contributed by atoms with Gasteiger partial charge in [-0.2, -0.15) is 39.5 Å². The Labute approximate surface area is 236 Å². The molecular formula is C29H45F9O3. The van der Waals surface area contributed by atoms with Gasteiger partial charge in [0.2, 0.25) is 0 Å². The van der Waals surface area contributed by atoms with Crippen LogP contribution in [-0.2, 0) is 9.47 Å². The lowest BCUT2D eigenvalue weighted by molar-refractivity contribution is -0.389. The predicted molar refractivity (Wildman–Crippen MR) is 135 cm³/mol. The minimum atomic E-state index is -5.84. The van der Waals surface area contributed by atoms with Crippen LogP contribution in [0, 0.1) is 35.0 Å². The molecule has 6 unspecified atom stereocenters. The SMILES string of the molecule is CCCCOC(C)OC1(C(F)(F)F)CCC(C(CC)CC(C)C23CCC(C2)C(C(O)(C(F)(F)F)C(F)(F)F)C3)CC1. The standard InChI is InChI=1S/C29H45F9O3/c1-5-7-14-40-19(4)41-25(27(30,31)32)12-9-21(10-13-25)20(6-2)15-18(3)24-11-8-22(16-24)23(17-24)26(39,28(33,34)35)29(36,37)38/h18-23,39H,5-17H2,1-4H3. The van der Waals surface area contributed by atoms with Crippen molar-refractivity contribution >= 4 is 0 Å². The molecule has 41 heavy (non-hydrogen) atoms. The number of ether oxygens (including phenoxy) is 2. The molecule has 0 aromatic rings. The fraction of sp³-hybridized carbons (Fsp3) is 1.00. The molecule has 1 N–H and O–H groups in total. The summed E-state index contributed by atoms with van der Waals surface area (Å²) < 4.78 is 135. The first kappa shape index (κ1) is 34.7. The maximum absolute atomic E-state index is 14.2. The molecule has 0 radical (unpaired) electrons. The molecule has 3 rings (SSSR count). The van der Waals surface area contributed by atoms with E-state index >= 15 is 0 Å². The summed E-state index contributed by atoms with van der Waals surface area (Å²) in [5.74, 6) is -3.16. The molecule has 0 amide bonds. The van der Waals surface area contributed by atoms with E-state index in [4.69, 9.17) is 9.47 Å². The quantitative estimate of drug-likeness (QED) is 0.136. The van der Waals surface area contributed by atoms with Gasteiger partial charge in [0.05, 0.1) is 0 Å². The number of hydrogen-bond acceptors (Lipinski definition) is 3. The maximum atomic E-state index is 14.2. The highest BCUT2D eigenvalue weighted by atomic mass is 19.4. The average Bonchev–Trinajstić information content (AvgIpc) is 3.46. The van der Waals surface area contributed by atoms with Crippen molar-refractivity contribution in [3.8, 4) is 0 Å². The molecule has 0 aromatic heterocycles. The largest absolute Gasteiger partial charge is 0.426 e. The Balaban J connectivity index is 1.69. The van der Waals surface area contributed by atoms with Crippen LogP contribution in [0.1, 0.15) is 105 Å². The molecule has 3 aliphatic rings. The number of aliphatic hydroxyl groups is 1. The van der Waals surface area contributed by atoms with Crippen LogP contribution in [-0.4, -0.2) is 47.7 Å². The minimum absolute atomic E-state index is 0.0222. The molecule has 2 bridgehead atoms. The molecule has 0 aliphatic heterocycles. The molecule has 0 saturated heterocycles. The lowest BCUT2D eigenvalue weighted by Crippen LogP contribution is -2.63. The van der Waals surface area contributed by atoms with Gasteiger partial charge in [0.1, 0.15) is 0 Å². The number of unbranched alkanes of at least 4 members (excludes halogenated alkanes) is 1. The van der Waals surface area contributed by atoms with Crippen molar-refractivity contribution in [1.29, 1.82) is 0 Å². The summed E-state index contributed by atoms with van der Waals surface area (Å²) >= 11 is 0. The lowest BCUT2D eigenvalue weighted by atomic mass is 9.63. The summed E-state index contributed by atoms with van der Waals surface area (Å²) in [5.41, 5.74) is -7.82. The van der Waals surface area contributed by atoms with E-state index in [-0.39, 0.29) is 62.7 Å².